The molecule has 0 spiro atoms. The van der Waals surface area contributed by atoms with Crippen LogP contribution in [0.5, 0.6) is 0 Å². The van der Waals surface area contributed by atoms with Crippen molar-refractivity contribution in [2.75, 3.05) is 26.4 Å². The number of hydrogen-bond acceptors (Lipinski definition) is 8. The number of hydrogen-bond donors (Lipinski definition) is 2. The van der Waals surface area contributed by atoms with Crippen LogP contribution in [0, 0.1) is 0 Å². The van der Waals surface area contributed by atoms with E-state index in [0.29, 0.717) is 6.42 Å². The highest BCUT2D eigenvalue weighted by Gasteiger charge is 2.26. The van der Waals surface area contributed by atoms with Crippen LogP contribution in [-0.2, 0) is 32.7 Å². The molecule has 0 aromatic carbocycles. The number of carbonyl (C=O) groups is 2. The Labute approximate surface area is 554 Å². The van der Waals surface area contributed by atoms with E-state index in [1.807, 2.05) is 0 Å². The fraction of sp³-hybridized carbons (Fsp3) is 0.899. The van der Waals surface area contributed by atoms with Crippen molar-refractivity contribution < 1.29 is 37.6 Å². The van der Waals surface area contributed by atoms with Crippen LogP contribution in [0.15, 0.2) is 36.5 Å². The molecule has 0 aliphatic carbocycles. The van der Waals surface area contributed by atoms with Crippen molar-refractivity contribution in [1.29, 1.82) is 0 Å². The zero-order chi connectivity index (χ0) is 64.4. The Hall–Kier alpha value is -1.77. The summed E-state index contributed by atoms with van der Waals surface area (Å²) in [6.07, 6.45) is 95.7. The van der Waals surface area contributed by atoms with Crippen LogP contribution in [0.4, 0.5) is 0 Å². The number of phosphoric acid groups is 1. The first-order chi connectivity index (χ1) is 43.8. The summed E-state index contributed by atoms with van der Waals surface area (Å²) < 4.78 is 33.3. The Kier molecular flexibility index (Phi) is 73.8. The normalized spacial score (nSPS) is 13.0. The number of unbranched alkanes of at least 4 members (excludes halogenated alkanes) is 57. The van der Waals surface area contributed by atoms with Gasteiger partial charge in [0.1, 0.15) is 6.61 Å². The van der Waals surface area contributed by atoms with E-state index in [9.17, 15) is 19.0 Å². The van der Waals surface area contributed by atoms with E-state index >= 15 is 0 Å². The topological polar surface area (TPSA) is 134 Å². The van der Waals surface area contributed by atoms with Crippen LogP contribution in [0.3, 0.4) is 0 Å². The molecule has 10 heteroatoms. The van der Waals surface area contributed by atoms with Crippen LogP contribution in [0.25, 0.3) is 0 Å². The van der Waals surface area contributed by atoms with Crippen LogP contribution < -0.4 is 5.73 Å². The molecule has 0 aromatic rings. The minimum Gasteiger partial charge on any atom is -0.462 e. The van der Waals surface area contributed by atoms with Gasteiger partial charge in [0, 0.05) is 19.4 Å². The van der Waals surface area contributed by atoms with E-state index < -0.39 is 26.5 Å². The molecule has 0 aliphatic heterocycles. The Morgan fingerprint density at radius 3 is 0.865 bits per heavy atom. The summed E-state index contributed by atoms with van der Waals surface area (Å²) in [7, 11) is -4.39. The van der Waals surface area contributed by atoms with Gasteiger partial charge in [-0.2, -0.15) is 0 Å². The average molecular weight is 1280 g/mol. The van der Waals surface area contributed by atoms with Gasteiger partial charge in [0.25, 0.3) is 0 Å². The first-order valence-corrected chi connectivity index (χ1v) is 41.0. The molecule has 89 heavy (non-hydrogen) atoms. The quantitative estimate of drug-likeness (QED) is 0.0264. The first kappa shape index (κ1) is 87.2. The Balaban J connectivity index is 3.73. The largest absolute Gasteiger partial charge is 0.472 e. The van der Waals surface area contributed by atoms with Gasteiger partial charge in [-0.15, -0.1) is 0 Å². The number of rotatable bonds is 76. The zero-order valence-electron chi connectivity index (χ0n) is 59.5. The van der Waals surface area contributed by atoms with Crippen molar-refractivity contribution >= 4 is 19.8 Å². The summed E-state index contributed by atoms with van der Waals surface area (Å²) >= 11 is 0. The van der Waals surface area contributed by atoms with Gasteiger partial charge in [0.05, 0.1) is 13.2 Å². The third-order valence-corrected chi connectivity index (χ3v) is 19.0. The predicted molar refractivity (Wildman–Crippen MR) is 386 cm³/mol. The van der Waals surface area contributed by atoms with Gasteiger partial charge < -0.3 is 20.1 Å². The number of ether oxygens (including phenoxy) is 2. The van der Waals surface area contributed by atoms with E-state index in [1.54, 1.807) is 0 Å². The third kappa shape index (κ3) is 75.1. The molecule has 0 aliphatic rings. The first-order valence-electron chi connectivity index (χ1n) is 39.5. The summed E-state index contributed by atoms with van der Waals surface area (Å²) in [5.74, 6) is -0.799. The third-order valence-electron chi connectivity index (χ3n) is 18.0. The molecule has 3 N–H and O–H groups in total. The SMILES string of the molecule is CCCCCCC/C=C\C/C=C\C/C=C\CCCCCCCCCCCCCCCCCCCCCCCCCCCCC(=O)OC(COC(=O)CCCCCCCCCCCCCCCCCCCCCCCCCCCCC)COP(=O)(O)OCCN. The number of carbonyl (C=O) groups excluding carboxylic acids is 2. The molecule has 0 aromatic heterocycles. The lowest BCUT2D eigenvalue weighted by Crippen LogP contribution is -2.29. The zero-order valence-corrected chi connectivity index (χ0v) is 60.3. The Morgan fingerprint density at radius 1 is 0.337 bits per heavy atom. The van der Waals surface area contributed by atoms with Crippen LogP contribution in [0.2, 0.25) is 0 Å². The highest BCUT2D eigenvalue weighted by Crippen LogP contribution is 2.43. The summed E-state index contributed by atoms with van der Waals surface area (Å²) in [4.78, 5) is 35.4. The van der Waals surface area contributed by atoms with E-state index in [1.165, 1.54) is 347 Å². The molecule has 2 unspecified atom stereocenters. The van der Waals surface area contributed by atoms with Gasteiger partial charge in [0.15, 0.2) is 6.10 Å². The molecule has 9 nitrogen and oxygen atoms in total. The molecule has 0 saturated heterocycles. The molecule has 0 heterocycles. The number of nitrogens with two attached hydrogens (primary N) is 1. The molecule has 0 fully saturated rings. The summed E-state index contributed by atoms with van der Waals surface area (Å²) in [6.45, 7) is 3.82. The molecule has 2 atom stereocenters. The van der Waals surface area contributed by atoms with Crippen molar-refractivity contribution in [3.05, 3.63) is 36.5 Å². The lowest BCUT2D eigenvalue weighted by molar-refractivity contribution is -0.161. The highest BCUT2D eigenvalue weighted by molar-refractivity contribution is 7.47. The fourth-order valence-electron chi connectivity index (χ4n) is 12.2. The fourth-order valence-corrected chi connectivity index (χ4v) is 12.9. The minimum atomic E-state index is -4.39. The van der Waals surface area contributed by atoms with Crippen molar-refractivity contribution in [1.82, 2.24) is 0 Å². The molecule has 0 bridgehead atoms. The van der Waals surface area contributed by atoms with Gasteiger partial charge in [0.2, 0.25) is 0 Å². The smallest absolute Gasteiger partial charge is 0.462 e. The summed E-state index contributed by atoms with van der Waals surface area (Å²) in [6, 6.07) is 0. The Bertz CT molecular complexity index is 1550. The van der Waals surface area contributed by atoms with Gasteiger partial charge in [-0.25, -0.2) is 4.57 Å². The van der Waals surface area contributed by atoms with Crippen LogP contribution in [-0.4, -0.2) is 49.3 Å². The van der Waals surface area contributed by atoms with Crippen molar-refractivity contribution in [2.24, 2.45) is 5.73 Å². The standard InChI is InChI=1S/C79H152NO8P/c1-3-5-7-9-11-13-15-17-19-21-23-25-27-29-31-32-33-34-35-36-37-38-39-40-41-42-43-44-46-48-50-52-54-56-58-60-62-64-66-68-70-72-79(82)88-77(76-87-89(83,84)86-74-73-80)75-85-78(81)71-69-67-65-63-61-59-57-55-53-51-49-47-45-30-28-26-24-22-20-18-16-14-12-10-8-6-4-2/h15,17,21,23,27,29,77H,3-14,16,18-20,22,24-26,28,30-76,80H2,1-2H3,(H,83,84)/b17-15-,23-21-,29-27-. The van der Waals surface area contributed by atoms with Crippen molar-refractivity contribution in [2.45, 2.75) is 431 Å². The second kappa shape index (κ2) is 75.3. The van der Waals surface area contributed by atoms with E-state index in [0.717, 1.165) is 44.9 Å². The van der Waals surface area contributed by atoms with E-state index in [2.05, 4.69) is 50.3 Å². The molecule has 0 radical (unpaired) electrons. The summed E-state index contributed by atoms with van der Waals surface area (Å²) in [5, 5.41) is 0. The van der Waals surface area contributed by atoms with Gasteiger partial charge >= 0.3 is 19.8 Å². The van der Waals surface area contributed by atoms with Crippen molar-refractivity contribution in [3.8, 4) is 0 Å². The van der Waals surface area contributed by atoms with E-state index in [-0.39, 0.29) is 38.6 Å². The second-order valence-electron chi connectivity index (χ2n) is 26.9. The Morgan fingerprint density at radius 2 is 0.584 bits per heavy atom. The number of esters is 2. The molecule has 0 amide bonds. The second-order valence-corrected chi connectivity index (χ2v) is 28.4. The van der Waals surface area contributed by atoms with Crippen molar-refractivity contribution in [3.63, 3.8) is 0 Å². The molecular formula is C79H152NO8P. The predicted octanol–water partition coefficient (Wildman–Crippen LogP) is 26.2. The molecular weight excluding hydrogens is 1120 g/mol. The average Bonchev–Trinajstić information content (AvgIpc) is 3.58. The monoisotopic (exact) mass is 1270 g/mol. The minimum absolute atomic E-state index is 0.0572. The number of allylic oxidation sites excluding steroid dienone is 6. The molecule has 0 saturated carbocycles. The lowest BCUT2D eigenvalue weighted by Gasteiger charge is -2.19. The molecule has 0 rings (SSSR count). The maximum Gasteiger partial charge on any atom is 0.472 e. The van der Waals surface area contributed by atoms with Gasteiger partial charge in [-0.05, 0) is 51.4 Å². The van der Waals surface area contributed by atoms with Gasteiger partial charge in [-0.1, -0.05) is 397 Å². The van der Waals surface area contributed by atoms with Gasteiger partial charge in [-0.3, -0.25) is 18.6 Å². The van der Waals surface area contributed by atoms with E-state index in [4.69, 9.17) is 24.3 Å². The van der Waals surface area contributed by atoms with Crippen LogP contribution in [0.1, 0.15) is 425 Å². The lowest BCUT2D eigenvalue weighted by atomic mass is 10.0. The molecule has 526 valence electrons. The highest BCUT2D eigenvalue weighted by atomic mass is 31.2. The number of phosphoric ester groups is 1. The maximum atomic E-state index is 12.8. The van der Waals surface area contributed by atoms with Crippen LogP contribution >= 0.6 is 7.82 Å². The maximum absolute atomic E-state index is 12.8. The summed E-state index contributed by atoms with van der Waals surface area (Å²) in [5.41, 5.74) is 5.41.